The van der Waals surface area contributed by atoms with Crippen molar-refractivity contribution in [2.45, 2.75) is 39.4 Å². The Bertz CT molecular complexity index is 813. The molecule has 0 aliphatic heterocycles. The van der Waals surface area contributed by atoms with Gasteiger partial charge in [0.1, 0.15) is 5.75 Å². The van der Waals surface area contributed by atoms with Gasteiger partial charge < -0.3 is 9.47 Å². The summed E-state index contributed by atoms with van der Waals surface area (Å²) < 4.78 is 18.9. The van der Waals surface area contributed by atoms with Crippen LogP contribution in [0.25, 0.3) is 0 Å². The van der Waals surface area contributed by atoms with Gasteiger partial charge in [0.2, 0.25) is 0 Å². The molecular weight excluding hydrogens is 340 g/mol. The second kappa shape index (κ2) is 7.70. The van der Waals surface area contributed by atoms with E-state index in [-0.39, 0.29) is 23.7 Å². The van der Waals surface area contributed by atoms with Gasteiger partial charge in [-0.3, -0.25) is 4.79 Å². The Morgan fingerprint density at radius 3 is 2.16 bits per heavy atom. The second-order valence-electron chi connectivity index (χ2n) is 6.34. The molecule has 0 saturated heterocycles. The molecule has 132 valence electrons. The molecule has 0 unspecified atom stereocenters. The summed E-state index contributed by atoms with van der Waals surface area (Å²) in [6, 6.07) is 11.0. The average molecular weight is 363 g/mol. The molecule has 0 heterocycles. The van der Waals surface area contributed by atoms with E-state index in [1.165, 1.54) is 12.1 Å². The van der Waals surface area contributed by atoms with Crippen LogP contribution in [0.2, 0.25) is 5.02 Å². The number of carbonyl (C=O) groups is 2. The first-order valence-electron chi connectivity index (χ1n) is 8.41. The summed E-state index contributed by atoms with van der Waals surface area (Å²) in [5.74, 6) is -0.545. The molecule has 0 atom stereocenters. The maximum atomic E-state index is 12.5. The highest BCUT2D eigenvalue weighted by molar-refractivity contribution is 6.30. The molecule has 0 spiro atoms. The molecule has 0 radical (unpaired) electrons. The Morgan fingerprint density at radius 1 is 1.04 bits per heavy atom. The first-order valence-corrected chi connectivity index (χ1v) is 8.29. The number of benzene rings is 2. The summed E-state index contributed by atoms with van der Waals surface area (Å²) in [6.45, 7) is 6.65. The molecule has 0 bridgehead atoms. The minimum Gasteiger partial charge on any atom is -0.476 e. The van der Waals surface area contributed by atoms with Crippen molar-refractivity contribution >= 4 is 23.4 Å². The van der Waals surface area contributed by atoms with Crippen molar-refractivity contribution in [2.75, 3.05) is 0 Å². The van der Waals surface area contributed by atoms with Crippen LogP contribution >= 0.6 is 11.6 Å². The molecular formula is C20H21ClO4. The molecule has 0 amide bonds. The minimum atomic E-state index is -1.25. The predicted octanol–water partition coefficient (Wildman–Crippen LogP) is 4.68. The van der Waals surface area contributed by atoms with Gasteiger partial charge in [-0.2, -0.15) is 0 Å². The molecule has 2 aromatic carbocycles. The van der Waals surface area contributed by atoms with Gasteiger partial charge in [-0.15, -0.1) is 0 Å². The number of ether oxygens (including phenoxy) is 2. The van der Waals surface area contributed by atoms with E-state index >= 15 is 0 Å². The highest BCUT2D eigenvalue weighted by Gasteiger charge is 2.32. The van der Waals surface area contributed by atoms with Gasteiger partial charge in [-0.25, -0.2) is 4.79 Å². The van der Waals surface area contributed by atoms with Crippen molar-refractivity contribution in [3.05, 3.63) is 64.7 Å². The van der Waals surface area contributed by atoms with Crippen LogP contribution in [0.1, 0.15) is 45.0 Å². The average Bonchev–Trinajstić information content (AvgIpc) is 2.56. The van der Waals surface area contributed by atoms with Crippen molar-refractivity contribution in [1.29, 1.82) is 0 Å². The van der Waals surface area contributed by atoms with E-state index in [4.69, 9.17) is 22.4 Å². The SMILES string of the molecule is [3H]c1cc(C(=O)c2ccc(Cl)cc2)ccc1OC(C)(C)C(=O)OC(C)C. The Balaban J connectivity index is 2.20. The third kappa shape index (κ3) is 5.07. The van der Waals surface area contributed by atoms with Gasteiger partial charge in [0.05, 0.1) is 7.47 Å². The van der Waals surface area contributed by atoms with E-state index < -0.39 is 11.6 Å². The monoisotopic (exact) mass is 362 g/mol. The maximum absolute atomic E-state index is 12.5. The minimum absolute atomic E-state index is 0.00948. The van der Waals surface area contributed by atoms with Crippen LogP contribution in [0.4, 0.5) is 0 Å². The summed E-state index contributed by atoms with van der Waals surface area (Å²) in [5.41, 5.74) is -0.419. The van der Waals surface area contributed by atoms with Crippen LogP contribution in [0.5, 0.6) is 5.75 Å². The number of halogens is 1. The molecule has 5 heteroatoms. The van der Waals surface area contributed by atoms with Crippen LogP contribution < -0.4 is 4.74 Å². The lowest BCUT2D eigenvalue weighted by atomic mass is 10.0. The molecule has 4 nitrogen and oxygen atoms in total. The molecule has 0 N–H and O–H groups in total. The summed E-state index contributed by atoms with van der Waals surface area (Å²) in [4.78, 5) is 24.6. The fourth-order valence-electron chi connectivity index (χ4n) is 2.06. The lowest BCUT2D eigenvalue weighted by Crippen LogP contribution is -2.40. The summed E-state index contributed by atoms with van der Waals surface area (Å²) in [6.07, 6.45) is -0.264. The normalized spacial score (nSPS) is 11.8. The number of hydrogen-bond acceptors (Lipinski definition) is 4. The molecule has 0 aliphatic carbocycles. The van der Waals surface area contributed by atoms with Crippen molar-refractivity contribution in [1.82, 2.24) is 0 Å². The zero-order valence-corrected chi connectivity index (χ0v) is 15.4. The Kier molecular flexibility index (Phi) is 5.39. The lowest BCUT2D eigenvalue weighted by molar-refractivity contribution is -0.163. The van der Waals surface area contributed by atoms with Crippen LogP contribution in [0, 0.1) is 0 Å². The molecule has 0 aromatic heterocycles. The predicted molar refractivity (Wildman–Crippen MR) is 97.3 cm³/mol. The van der Waals surface area contributed by atoms with E-state index in [1.54, 1.807) is 58.0 Å². The van der Waals surface area contributed by atoms with Crippen molar-refractivity contribution in [2.24, 2.45) is 0 Å². The molecule has 0 aliphatic rings. The first-order chi connectivity index (χ1) is 12.1. The van der Waals surface area contributed by atoms with E-state index in [9.17, 15) is 9.59 Å². The number of carbonyl (C=O) groups excluding carboxylic acids is 2. The van der Waals surface area contributed by atoms with E-state index in [0.29, 0.717) is 16.1 Å². The highest BCUT2D eigenvalue weighted by Crippen LogP contribution is 2.22. The van der Waals surface area contributed by atoms with Crippen molar-refractivity contribution in [3.8, 4) is 5.75 Å². The smallest absolute Gasteiger partial charge is 0.350 e. The third-order valence-electron chi connectivity index (χ3n) is 3.35. The van der Waals surface area contributed by atoms with E-state index in [2.05, 4.69) is 0 Å². The first kappa shape index (κ1) is 17.5. The van der Waals surface area contributed by atoms with Gasteiger partial charge in [0.15, 0.2) is 11.4 Å². The number of esters is 1. The molecule has 2 aromatic rings. The fraction of sp³-hybridized carbons (Fsp3) is 0.300. The Hall–Kier alpha value is -2.33. The zero-order valence-electron chi connectivity index (χ0n) is 15.6. The van der Waals surface area contributed by atoms with Gasteiger partial charge in [0, 0.05) is 16.1 Å². The van der Waals surface area contributed by atoms with E-state index in [0.717, 1.165) is 0 Å². The van der Waals surface area contributed by atoms with Crippen molar-refractivity contribution in [3.63, 3.8) is 0 Å². The number of ketones is 1. The maximum Gasteiger partial charge on any atom is 0.350 e. The van der Waals surface area contributed by atoms with Gasteiger partial charge in [0.25, 0.3) is 0 Å². The zero-order chi connectivity index (χ0) is 19.5. The largest absolute Gasteiger partial charge is 0.476 e. The number of rotatable bonds is 6. The quantitative estimate of drug-likeness (QED) is 0.553. The molecule has 2 rings (SSSR count). The molecule has 0 fully saturated rings. The molecule has 0 saturated carbocycles. The van der Waals surface area contributed by atoms with E-state index in [1.807, 2.05) is 0 Å². The molecule has 25 heavy (non-hydrogen) atoms. The summed E-state index contributed by atoms with van der Waals surface area (Å²) in [7, 11) is 0. The lowest BCUT2D eigenvalue weighted by Gasteiger charge is -2.25. The van der Waals surface area contributed by atoms with Crippen LogP contribution in [0.3, 0.4) is 0 Å². The third-order valence-corrected chi connectivity index (χ3v) is 3.60. The topological polar surface area (TPSA) is 52.6 Å². The van der Waals surface area contributed by atoms with Gasteiger partial charge >= 0.3 is 5.97 Å². The van der Waals surface area contributed by atoms with Crippen LogP contribution in [-0.4, -0.2) is 23.5 Å². The summed E-state index contributed by atoms with van der Waals surface area (Å²) in [5, 5.41) is 0.544. The van der Waals surface area contributed by atoms with Gasteiger partial charge in [-0.1, -0.05) is 11.6 Å². The van der Waals surface area contributed by atoms with Gasteiger partial charge in [-0.05, 0) is 76.2 Å². The Labute approximate surface area is 154 Å². The number of hydrogen-bond donors (Lipinski definition) is 0. The fourth-order valence-corrected chi connectivity index (χ4v) is 2.18. The van der Waals surface area contributed by atoms with Crippen LogP contribution in [0.15, 0.2) is 48.5 Å². The van der Waals surface area contributed by atoms with Crippen molar-refractivity contribution < 1.29 is 20.4 Å². The van der Waals surface area contributed by atoms with Crippen LogP contribution in [-0.2, 0) is 9.53 Å². The highest BCUT2D eigenvalue weighted by atomic mass is 35.5. The second-order valence-corrected chi connectivity index (χ2v) is 6.78. The Morgan fingerprint density at radius 2 is 1.60 bits per heavy atom. The standard InChI is InChI=1S/C20H21ClO4/c1-13(2)24-19(23)20(3,4)25-17-11-7-15(8-12-17)18(22)14-5-9-16(21)10-6-14/h5-13H,1-4H3/i11T. The summed E-state index contributed by atoms with van der Waals surface area (Å²) >= 11 is 5.83.